The summed E-state index contributed by atoms with van der Waals surface area (Å²) >= 11 is 12.2. The molecule has 0 aromatic heterocycles. The van der Waals surface area contributed by atoms with E-state index >= 15 is 0 Å². The molecule has 0 saturated carbocycles. The monoisotopic (exact) mass is 257 g/mol. The van der Waals surface area contributed by atoms with E-state index in [9.17, 15) is 0 Å². The average molecular weight is 258 g/mol. The molecule has 0 N–H and O–H groups in total. The first-order valence-corrected chi connectivity index (χ1v) is 6.53. The summed E-state index contributed by atoms with van der Waals surface area (Å²) in [6, 6.07) is 5.96. The predicted octanol–water partition coefficient (Wildman–Crippen LogP) is 4.32. The third-order valence-corrected chi connectivity index (χ3v) is 3.80. The summed E-state index contributed by atoms with van der Waals surface area (Å²) in [4.78, 5) is 2.36. The maximum absolute atomic E-state index is 6.28. The minimum atomic E-state index is 0.378. The van der Waals surface area contributed by atoms with Crippen molar-refractivity contribution in [3.05, 3.63) is 28.8 Å². The van der Waals surface area contributed by atoms with Gasteiger partial charge in [0.2, 0.25) is 0 Å². The van der Waals surface area contributed by atoms with Gasteiger partial charge in [-0.2, -0.15) is 0 Å². The van der Waals surface area contributed by atoms with Gasteiger partial charge in [-0.25, -0.2) is 0 Å². The number of nitrogens with zero attached hydrogens (tertiary/aromatic N) is 1. The molecule has 1 heterocycles. The number of halogens is 2. The van der Waals surface area contributed by atoms with Gasteiger partial charge in [-0.1, -0.05) is 37.6 Å². The fraction of sp³-hybridized carbons (Fsp3) is 0.538. The van der Waals surface area contributed by atoms with Gasteiger partial charge in [-0.05, 0) is 23.5 Å². The van der Waals surface area contributed by atoms with Crippen LogP contribution in [0.25, 0.3) is 0 Å². The zero-order valence-corrected chi connectivity index (χ0v) is 11.3. The van der Waals surface area contributed by atoms with Crippen LogP contribution < -0.4 is 4.90 Å². The maximum atomic E-state index is 6.28. The van der Waals surface area contributed by atoms with E-state index in [0.717, 1.165) is 29.4 Å². The van der Waals surface area contributed by atoms with Crippen molar-refractivity contribution in [2.24, 2.45) is 5.41 Å². The van der Waals surface area contributed by atoms with Gasteiger partial charge >= 0.3 is 0 Å². The first-order valence-electron chi connectivity index (χ1n) is 5.62. The van der Waals surface area contributed by atoms with E-state index in [0.29, 0.717) is 11.3 Å². The van der Waals surface area contributed by atoms with Crippen molar-refractivity contribution in [1.29, 1.82) is 0 Å². The van der Waals surface area contributed by atoms with Crippen LogP contribution in [0.5, 0.6) is 0 Å². The summed E-state index contributed by atoms with van der Waals surface area (Å²) < 4.78 is 0. The van der Waals surface area contributed by atoms with Crippen LogP contribution in [0.1, 0.15) is 25.8 Å². The van der Waals surface area contributed by atoms with E-state index in [-0.39, 0.29) is 0 Å². The zero-order chi connectivity index (χ0) is 11.8. The summed E-state index contributed by atoms with van der Waals surface area (Å²) in [5.74, 6) is 0.521. The molecule has 2 rings (SSSR count). The first kappa shape index (κ1) is 12.1. The molecule has 0 unspecified atom stereocenters. The van der Waals surface area contributed by atoms with Gasteiger partial charge in [-0.3, -0.25) is 0 Å². The van der Waals surface area contributed by atoms with Crippen LogP contribution in [0.3, 0.4) is 0 Å². The summed E-state index contributed by atoms with van der Waals surface area (Å²) in [5, 5.41) is 0.816. The van der Waals surface area contributed by atoms with Crippen molar-refractivity contribution < 1.29 is 0 Å². The fourth-order valence-corrected chi connectivity index (χ4v) is 2.85. The highest BCUT2D eigenvalue weighted by Crippen LogP contribution is 2.38. The van der Waals surface area contributed by atoms with E-state index in [1.807, 2.05) is 12.1 Å². The molecule has 3 heteroatoms. The Morgan fingerprint density at radius 3 is 2.69 bits per heavy atom. The minimum Gasteiger partial charge on any atom is -0.370 e. The molecule has 1 aromatic carbocycles. The molecular formula is C13H17Cl2N. The van der Waals surface area contributed by atoms with Crippen molar-refractivity contribution >= 4 is 28.9 Å². The van der Waals surface area contributed by atoms with Crippen LogP contribution >= 0.6 is 23.2 Å². The second kappa shape index (κ2) is 4.46. The molecule has 1 fully saturated rings. The lowest BCUT2D eigenvalue weighted by Gasteiger charge is -2.24. The smallest absolute Gasteiger partial charge is 0.0642 e. The summed E-state index contributed by atoms with van der Waals surface area (Å²) in [5.41, 5.74) is 2.64. The Bertz CT molecular complexity index is 388. The molecule has 0 spiro atoms. The van der Waals surface area contributed by atoms with Crippen LogP contribution in [0.4, 0.5) is 5.69 Å². The van der Waals surface area contributed by atoms with Crippen LogP contribution in [0, 0.1) is 5.41 Å². The predicted molar refractivity (Wildman–Crippen MR) is 71.6 cm³/mol. The Kier molecular flexibility index (Phi) is 3.37. The minimum absolute atomic E-state index is 0.378. The lowest BCUT2D eigenvalue weighted by atomic mass is 9.93. The van der Waals surface area contributed by atoms with Crippen LogP contribution in [-0.4, -0.2) is 13.1 Å². The molecule has 1 aliphatic heterocycles. The number of rotatable bonds is 2. The molecule has 1 nitrogen and oxygen atoms in total. The highest BCUT2D eigenvalue weighted by atomic mass is 35.5. The van der Waals surface area contributed by atoms with Crippen molar-refractivity contribution in [2.75, 3.05) is 18.0 Å². The molecular weight excluding hydrogens is 241 g/mol. The van der Waals surface area contributed by atoms with E-state index < -0.39 is 0 Å². The molecule has 0 amide bonds. The highest BCUT2D eigenvalue weighted by molar-refractivity contribution is 6.33. The lowest BCUT2D eigenvalue weighted by molar-refractivity contribution is 0.418. The lowest BCUT2D eigenvalue weighted by Crippen LogP contribution is -2.23. The third-order valence-electron chi connectivity index (χ3n) is 3.21. The molecule has 0 aliphatic carbocycles. The largest absolute Gasteiger partial charge is 0.370 e. The van der Waals surface area contributed by atoms with Gasteiger partial charge in [0.25, 0.3) is 0 Å². The van der Waals surface area contributed by atoms with E-state index in [1.165, 1.54) is 6.42 Å². The highest BCUT2D eigenvalue weighted by Gasteiger charge is 2.31. The Morgan fingerprint density at radius 2 is 2.12 bits per heavy atom. The summed E-state index contributed by atoms with van der Waals surface area (Å²) in [6.07, 6.45) is 1.21. The second-order valence-corrected chi connectivity index (χ2v) is 5.89. The topological polar surface area (TPSA) is 3.24 Å². The normalized spacial score (nSPS) is 19.1. The second-order valence-electron chi connectivity index (χ2n) is 5.22. The fourth-order valence-electron chi connectivity index (χ4n) is 2.33. The number of para-hydroxylation sites is 1. The first-order chi connectivity index (χ1) is 7.53. The molecule has 1 aromatic rings. The van der Waals surface area contributed by atoms with Crippen LogP contribution in [0.15, 0.2) is 18.2 Å². The van der Waals surface area contributed by atoms with Gasteiger partial charge in [0.05, 0.1) is 10.7 Å². The molecule has 1 aliphatic rings. The van der Waals surface area contributed by atoms with Crippen molar-refractivity contribution in [3.63, 3.8) is 0 Å². The van der Waals surface area contributed by atoms with Gasteiger partial charge in [0, 0.05) is 19.0 Å². The average Bonchev–Trinajstić information content (AvgIpc) is 2.58. The van der Waals surface area contributed by atoms with Gasteiger partial charge in [-0.15, -0.1) is 11.6 Å². The number of hydrogen-bond donors (Lipinski definition) is 0. The Morgan fingerprint density at radius 1 is 1.38 bits per heavy atom. The molecule has 16 heavy (non-hydrogen) atoms. The molecule has 88 valence electrons. The summed E-state index contributed by atoms with van der Waals surface area (Å²) in [6.45, 7) is 6.72. The Balaban J connectivity index is 2.34. The van der Waals surface area contributed by atoms with Gasteiger partial charge in [0.1, 0.15) is 0 Å². The number of anilines is 1. The number of hydrogen-bond acceptors (Lipinski definition) is 1. The van der Waals surface area contributed by atoms with E-state index in [1.54, 1.807) is 0 Å². The SMILES string of the molecule is CC1(C)CCN(c2c(Cl)cccc2CCl)C1. The van der Waals surface area contributed by atoms with E-state index in [2.05, 4.69) is 24.8 Å². The number of benzene rings is 1. The summed E-state index contributed by atoms with van der Waals surface area (Å²) in [7, 11) is 0. The Labute approximate surface area is 107 Å². The van der Waals surface area contributed by atoms with Gasteiger partial charge < -0.3 is 4.90 Å². The quantitative estimate of drug-likeness (QED) is 0.714. The third kappa shape index (κ3) is 2.31. The molecule has 1 saturated heterocycles. The van der Waals surface area contributed by atoms with Crippen molar-refractivity contribution in [2.45, 2.75) is 26.1 Å². The molecule has 0 bridgehead atoms. The maximum Gasteiger partial charge on any atom is 0.0642 e. The molecule has 0 atom stereocenters. The zero-order valence-electron chi connectivity index (χ0n) is 9.76. The number of alkyl halides is 1. The standard InChI is InChI=1S/C13H17Cl2N/c1-13(2)6-7-16(9-13)12-10(8-14)4-3-5-11(12)15/h3-5H,6-9H2,1-2H3. The van der Waals surface area contributed by atoms with Gasteiger partial charge in [0.15, 0.2) is 0 Å². The van der Waals surface area contributed by atoms with Crippen LogP contribution in [0.2, 0.25) is 5.02 Å². The van der Waals surface area contributed by atoms with E-state index in [4.69, 9.17) is 23.2 Å². The van der Waals surface area contributed by atoms with Crippen molar-refractivity contribution in [1.82, 2.24) is 0 Å². The van der Waals surface area contributed by atoms with Crippen LogP contribution in [-0.2, 0) is 5.88 Å². The van der Waals surface area contributed by atoms with Crippen molar-refractivity contribution in [3.8, 4) is 0 Å². The Hall–Kier alpha value is -0.400. The molecule has 0 radical (unpaired) electrons.